The molecule has 0 radical (unpaired) electrons. The topological polar surface area (TPSA) is 102 Å². The highest BCUT2D eigenvalue weighted by atomic mass is 16.6. The first-order valence-corrected chi connectivity index (χ1v) is 13.5. The van der Waals surface area contributed by atoms with Gasteiger partial charge in [0.05, 0.1) is 24.9 Å². The molecule has 10 nitrogen and oxygen atoms in total. The van der Waals surface area contributed by atoms with Crippen LogP contribution in [0.25, 0.3) is 5.69 Å². The van der Waals surface area contributed by atoms with E-state index in [4.69, 9.17) is 9.47 Å². The van der Waals surface area contributed by atoms with Crippen LogP contribution in [-0.4, -0.2) is 79.8 Å². The molecule has 2 aromatic carbocycles. The van der Waals surface area contributed by atoms with Gasteiger partial charge in [-0.3, -0.25) is 4.90 Å². The van der Waals surface area contributed by atoms with Gasteiger partial charge in [0.1, 0.15) is 24.3 Å². The van der Waals surface area contributed by atoms with Gasteiger partial charge in [0, 0.05) is 26.2 Å². The number of carbonyl (C=O) groups excluding carboxylic acids is 1. The van der Waals surface area contributed by atoms with Crippen LogP contribution in [0, 0.1) is 0 Å². The smallest absolute Gasteiger partial charge is 0.410 e. The molecule has 3 aromatic rings. The summed E-state index contributed by atoms with van der Waals surface area (Å²) in [4.78, 5) is 29.8. The number of nitrogens with zero attached hydrogens (tertiary/aromatic N) is 5. The molecule has 2 heterocycles. The minimum atomic E-state index is -0.643. The van der Waals surface area contributed by atoms with Crippen molar-refractivity contribution in [2.75, 3.05) is 32.8 Å². The maximum absolute atomic E-state index is 13.1. The Bertz CT molecular complexity index is 1240. The highest BCUT2D eigenvalue weighted by Crippen LogP contribution is 2.15. The quantitative estimate of drug-likeness (QED) is 0.423. The number of para-hydroxylation sites is 1. The van der Waals surface area contributed by atoms with Crippen molar-refractivity contribution in [3.63, 3.8) is 0 Å². The second kappa shape index (κ2) is 12.9. The number of carbonyl (C=O) groups is 1. The molecule has 1 aromatic heterocycles. The summed E-state index contributed by atoms with van der Waals surface area (Å²) in [7, 11) is 0. The van der Waals surface area contributed by atoms with E-state index in [2.05, 4.69) is 10.00 Å². The molecule has 4 rings (SSSR count). The van der Waals surface area contributed by atoms with Crippen LogP contribution >= 0.6 is 0 Å². The Morgan fingerprint density at radius 3 is 2.41 bits per heavy atom. The van der Waals surface area contributed by atoms with Gasteiger partial charge in [-0.1, -0.05) is 30.3 Å². The summed E-state index contributed by atoms with van der Waals surface area (Å²) in [6.45, 7) is 9.08. The summed E-state index contributed by atoms with van der Waals surface area (Å²) in [5, 5.41) is 14.0. The SMILES string of the molecule is CC(C)(C)OC(=O)N(CCOc1ccccc1)CCn1ncn(-c2ccc(CN3CCC(O)CC3)cc2)c1=O. The number of aromatic nitrogens is 3. The largest absolute Gasteiger partial charge is 0.492 e. The highest BCUT2D eigenvalue weighted by Gasteiger charge is 2.23. The van der Waals surface area contributed by atoms with Crippen LogP contribution in [0.3, 0.4) is 0 Å². The van der Waals surface area contributed by atoms with Gasteiger partial charge >= 0.3 is 11.8 Å². The Hall–Kier alpha value is -3.63. The van der Waals surface area contributed by atoms with E-state index >= 15 is 0 Å². The van der Waals surface area contributed by atoms with E-state index in [0.717, 1.165) is 49.5 Å². The number of benzene rings is 2. The van der Waals surface area contributed by atoms with E-state index in [0.29, 0.717) is 6.54 Å². The number of hydrogen-bond acceptors (Lipinski definition) is 7. The third-order valence-electron chi connectivity index (χ3n) is 6.52. The Morgan fingerprint density at radius 1 is 1.05 bits per heavy atom. The van der Waals surface area contributed by atoms with Crippen LogP contribution in [0.15, 0.2) is 65.7 Å². The number of piperidine rings is 1. The molecule has 1 amide bonds. The third kappa shape index (κ3) is 8.43. The standard InChI is InChI=1S/C29H39N5O5/c1-29(2,3)39-28(37)32(19-20-38-26-7-5-4-6-8-26)17-18-34-27(36)33(22-30-34)24-11-9-23(10-12-24)21-31-15-13-25(35)14-16-31/h4-12,22,25,35H,13-21H2,1-3H3. The molecule has 39 heavy (non-hydrogen) atoms. The summed E-state index contributed by atoms with van der Waals surface area (Å²) in [5.74, 6) is 0.720. The number of likely N-dealkylation sites (tertiary alicyclic amines) is 1. The van der Waals surface area contributed by atoms with Crippen molar-refractivity contribution in [1.29, 1.82) is 0 Å². The molecule has 1 fully saturated rings. The van der Waals surface area contributed by atoms with Crippen molar-refractivity contribution in [2.45, 2.75) is 58.4 Å². The highest BCUT2D eigenvalue weighted by molar-refractivity contribution is 5.68. The van der Waals surface area contributed by atoms with Gasteiger partial charge < -0.3 is 19.5 Å². The molecule has 1 aliphatic rings. The second-order valence-electron chi connectivity index (χ2n) is 10.8. The summed E-state index contributed by atoms with van der Waals surface area (Å²) < 4.78 is 14.2. The molecule has 10 heteroatoms. The fraction of sp³-hybridized carbons (Fsp3) is 0.483. The fourth-order valence-corrected chi connectivity index (χ4v) is 4.39. The van der Waals surface area contributed by atoms with E-state index in [1.165, 1.54) is 20.5 Å². The molecule has 0 aliphatic carbocycles. The first-order chi connectivity index (χ1) is 18.7. The van der Waals surface area contributed by atoms with Crippen LogP contribution < -0.4 is 10.4 Å². The lowest BCUT2D eigenvalue weighted by molar-refractivity contribution is 0.0217. The van der Waals surface area contributed by atoms with Gasteiger partial charge in [0.15, 0.2) is 0 Å². The predicted octanol–water partition coefficient (Wildman–Crippen LogP) is 3.31. The van der Waals surface area contributed by atoms with Crippen LogP contribution in [0.1, 0.15) is 39.2 Å². The Balaban J connectivity index is 1.36. The van der Waals surface area contributed by atoms with Gasteiger partial charge in [-0.15, -0.1) is 0 Å². The molecule has 0 bridgehead atoms. The van der Waals surface area contributed by atoms with Crippen LogP contribution in [-0.2, 0) is 17.8 Å². The second-order valence-corrected chi connectivity index (χ2v) is 10.8. The monoisotopic (exact) mass is 537 g/mol. The maximum atomic E-state index is 13.1. The van der Waals surface area contributed by atoms with Gasteiger partial charge in [-0.25, -0.2) is 18.8 Å². The molecular formula is C29H39N5O5. The van der Waals surface area contributed by atoms with Crippen LogP contribution in [0.2, 0.25) is 0 Å². The zero-order valence-electron chi connectivity index (χ0n) is 23.0. The molecule has 0 unspecified atom stereocenters. The zero-order valence-corrected chi connectivity index (χ0v) is 23.0. The number of hydrogen-bond donors (Lipinski definition) is 1. The summed E-state index contributed by atoms with van der Waals surface area (Å²) in [6.07, 6.45) is 2.45. The number of ether oxygens (including phenoxy) is 2. The lowest BCUT2D eigenvalue weighted by Gasteiger charge is -2.29. The number of aliphatic hydroxyl groups excluding tert-OH is 1. The van der Waals surface area contributed by atoms with Crippen LogP contribution in [0.5, 0.6) is 5.75 Å². The van der Waals surface area contributed by atoms with E-state index in [9.17, 15) is 14.7 Å². The molecular weight excluding hydrogens is 498 g/mol. The van der Waals surface area contributed by atoms with Crippen molar-refractivity contribution in [2.24, 2.45) is 0 Å². The van der Waals surface area contributed by atoms with Crippen molar-refractivity contribution in [3.8, 4) is 11.4 Å². The first kappa shape index (κ1) is 28.4. The molecule has 0 saturated carbocycles. The van der Waals surface area contributed by atoms with Gasteiger partial charge in [-0.2, -0.15) is 5.10 Å². The predicted molar refractivity (Wildman–Crippen MR) is 148 cm³/mol. The summed E-state index contributed by atoms with van der Waals surface area (Å²) in [6, 6.07) is 17.3. The zero-order chi connectivity index (χ0) is 27.8. The molecule has 1 N–H and O–H groups in total. The average Bonchev–Trinajstić information content (AvgIpc) is 3.27. The maximum Gasteiger partial charge on any atom is 0.410 e. The minimum absolute atomic E-state index is 0.189. The normalized spacial score (nSPS) is 14.8. The Labute approximate surface area is 229 Å². The van der Waals surface area contributed by atoms with Crippen molar-refractivity contribution in [1.82, 2.24) is 24.1 Å². The Morgan fingerprint density at radius 2 is 1.74 bits per heavy atom. The van der Waals surface area contributed by atoms with E-state index in [1.807, 2.05) is 75.4 Å². The summed E-state index contributed by atoms with van der Waals surface area (Å²) >= 11 is 0. The van der Waals surface area contributed by atoms with Crippen molar-refractivity contribution < 1.29 is 19.4 Å². The third-order valence-corrected chi connectivity index (χ3v) is 6.52. The van der Waals surface area contributed by atoms with Crippen LogP contribution in [0.4, 0.5) is 4.79 Å². The van der Waals surface area contributed by atoms with Gasteiger partial charge in [0.2, 0.25) is 0 Å². The lowest BCUT2D eigenvalue weighted by atomic mass is 10.1. The van der Waals surface area contributed by atoms with Crippen molar-refractivity contribution in [3.05, 3.63) is 77.0 Å². The molecule has 1 saturated heterocycles. The number of amides is 1. The average molecular weight is 538 g/mol. The van der Waals surface area contributed by atoms with E-state index in [-0.39, 0.29) is 31.5 Å². The summed E-state index contributed by atoms with van der Waals surface area (Å²) in [5.41, 5.74) is 0.957. The molecule has 210 valence electrons. The Kier molecular flexibility index (Phi) is 9.42. The fourth-order valence-electron chi connectivity index (χ4n) is 4.39. The van der Waals surface area contributed by atoms with Gasteiger partial charge in [0.25, 0.3) is 0 Å². The van der Waals surface area contributed by atoms with E-state index < -0.39 is 11.7 Å². The van der Waals surface area contributed by atoms with Crippen molar-refractivity contribution >= 4 is 6.09 Å². The molecule has 0 spiro atoms. The van der Waals surface area contributed by atoms with Gasteiger partial charge in [-0.05, 0) is 63.4 Å². The minimum Gasteiger partial charge on any atom is -0.492 e. The first-order valence-electron chi connectivity index (χ1n) is 13.5. The van der Waals surface area contributed by atoms with E-state index in [1.54, 1.807) is 0 Å². The molecule has 1 aliphatic heterocycles. The lowest BCUT2D eigenvalue weighted by Crippen LogP contribution is -2.41. The number of aliphatic hydroxyl groups is 1. The number of rotatable bonds is 10. The molecule has 0 atom stereocenters.